The number of hydrogen-bond donors (Lipinski definition) is 0. The van der Waals surface area contributed by atoms with E-state index in [-0.39, 0.29) is 13.0 Å². The fourth-order valence-corrected chi connectivity index (χ4v) is 2.55. The molecule has 0 saturated carbocycles. The van der Waals surface area contributed by atoms with Crippen molar-refractivity contribution in [2.75, 3.05) is 7.11 Å². The van der Waals surface area contributed by atoms with E-state index in [0.29, 0.717) is 11.3 Å². The third kappa shape index (κ3) is 3.40. The fourth-order valence-electron chi connectivity index (χ4n) is 2.55. The van der Waals surface area contributed by atoms with E-state index in [1.165, 1.54) is 25.3 Å². The molecule has 5 heteroatoms. The van der Waals surface area contributed by atoms with E-state index in [1.54, 1.807) is 6.26 Å². The van der Waals surface area contributed by atoms with Gasteiger partial charge in [-0.3, -0.25) is 4.79 Å². The van der Waals surface area contributed by atoms with Crippen molar-refractivity contribution in [1.29, 1.82) is 0 Å². The van der Waals surface area contributed by atoms with Gasteiger partial charge in [0.05, 0.1) is 19.8 Å². The lowest BCUT2D eigenvalue weighted by molar-refractivity contribution is -0.144. The summed E-state index contributed by atoms with van der Waals surface area (Å²) >= 11 is 0. The number of fused-ring (bicyclic) bond motifs is 1. The highest BCUT2D eigenvalue weighted by Gasteiger charge is 2.13. The predicted molar refractivity (Wildman–Crippen MR) is 87.4 cm³/mol. The zero-order valence-electron chi connectivity index (χ0n) is 13.5. The molecule has 0 aliphatic carbocycles. The molecular formula is C19H17FO4. The molecule has 0 amide bonds. The van der Waals surface area contributed by atoms with Gasteiger partial charge in [0, 0.05) is 16.5 Å². The monoisotopic (exact) mass is 328 g/mol. The molecule has 1 aromatic heterocycles. The maximum Gasteiger partial charge on any atom is 0.310 e. The van der Waals surface area contributed by atoms with Gasteiger partial charge in [-0.1, -0.05) is 12.1 Å². The molecule has 24 heavy (non-hydrogen) atoms. The molecule has 0 atom stereocenters. The Morgan fingerprint density at radius 3 is 2.79 bits per heavy atom. The number of hydrogen-bond acceptors (Lipinski definition) is 4. The van der Waals surface area contributed by atoms with Gasteiger partial charge in [-0.25, -0.2) is 4.39 Å². The average Bonchev–Trinajstić information content (AvgIpc) is 2.95. The Bertz CT molecular complexity index is 882. The number of methoxy groups -OCH3 is 1. The molecule has 0 unspecified atom stereocenters. The van der Waals surface area contributed by atoms with Crippen LogP contribution in [0, 0.1) is 12.7 Å². The largest absolute Gasteiger partial charge is 0.496 e. The van der Waals surface area contributed by atoms with E-state index in [9.17, 15) is 9.18 Å². The zero-order valence-corrected chi connectivity index (χ0v) is 13.5. The van der Waals surface area contributed by atoms with Crippen LogP contribution in [0.5, 0.6) is 5.75 Å². The first-order valence-electron chi connectivity index (χ1n) is 7.51. The zero-order chi connectivity index (χ0) is 17.1. The summed E-state index contributed by atoms with van der Waals surface area (Å²) in [4.78, 5) is 12.1. The molecule has 0 bridgehead atoms. The topological polar surface area (TPSA) is 48.7 Å². The third-order valence-corrected chi connectivity index (χ3v) is 3.78. The summed E-state index contributed by atoms with van der Waals surface area (Å²) in [5.74, 6) is -0.337. The van der Waals surface area contributed by atoms with Crippen LogP contribution in [-0.2, 0) is 22.6 Å². The maximum atomic E-state index is 13.3. The van der Waals surface area contributed by atoms with Gasteiger partial charge in [-0.2, -0.15) is 0 Å². The molecule has 0 saturated heterocycles. The van der Waals surface area contributed by atoms with Gasteiger partial charge in [0.2, 0.25) is 0 Å². The molecule has 3 aromatic rings. The van der Waals surface area contributed by atoms with E-state index in [0.717, 1.165) is 22.1 Å². The molecule has 0 radical (unpaired) electrons. The lowest BCUT2D eigenvalue weighted by Crippen LogP contribution is -2.08. The van der Waals surface area contributed by atoms with Crippen molar-refractivity contribution in [3.8, 4) is 5.75 Å². The Kier molecular flexibility index (Phi) is 4.51. The smallest absolute Gasteiger partial charge is 0.310 e. The van der Waals surface area contributed by atoms with Crippen molar-refractivity contribution < 1.29 is 23.1 Å². The maximum absolute atomic E-state index is 13.3. The summed E-state index contributed by atoms with van der Waals surface area (Å²) in [7, 11) is 1.48. The van der Waals surface area contributed by atoms with Gasteiger partial charge < -0.3 is 13.9 Å². The summed E-state index contributed by atoms with van der Waals surface area (Å²) in [5.41, 5.74) is 3.08. The van der Waals surface area contributed by atoms with Crippen molar-refractivity contribution in [2.45, 2.75) is 20.0 Å². The summed E-state index contributed by atoms with van der Waals surface area (Å²) < 4.78 is 29.2. The first kappa shape index (κ1) is 16.1. The second-order valence-corrected chi connectivity index (χ2v) is 5.55. The van der Waals surface area contributed by atoms with Crippen LogP contribution in [0.15, 0.2) is 47.1 Å². The standard InChI is InChI=1S/C19H17FO4/c1-12-3-5-16-13(10-23-18(16)7-12)9-19(21)24-11-14-8-15(20)4-6-17(14)22-2/h3-8,10H,9,11H2,1-2H3. The summed E-state index contributed by atoms with van der Waals surface area (Å²) in [6.07, 6.45) is 1.65. The second kappa shape index (κ2) is 6.74. The van der Waals surface area contributed by atoms with Crippen LogP contribution in [0.4, 0.5) is 4.39 Å². The molecule has 4 nitrogen and oxygen atoms in total. The molecule has 0 fully saturated rings. The SMILES string of the molecule is COc1ccc(F)cc1COC(=O)Cc1coc2cc(C)ccc12. The van der Waals surface area contributed by atoms with Gasteiger partial charge in [0.15, 0.2) is 0 Å². The molecule has 0 N–H and O–H groups in total. The van der Waals surface area contributed by atoms with Gasteiger partial charge in [-0.05, 0) is 36.8 Å². The summed E-state index contributed by atoms with van der Waals surface area (Å²) in [6.45, 7) is 1.93. The van der Waals surface area contributed by atoms with Gasteiger partial charge in [0.1, 0.15) is 23.8 Å². The van der Waals surface area contributed by atoms with Crippen molar-refractivity contribution in [2.24, 2.45) is 0 Å². The van der Waals surface area contributed by atoms with E-state index in [2.05, 4.69) is 0 Å². The molecule has 0 spiro atoms. The summed E-state index contributed by atoms with van der Waals surface area (Å²) in [5, 5.41) is 0.890. The van der Waals surface area contributed by atoms with Gasteiger partial charge in [-0.15, -0.1) is 0 Å². The molecule has 0 aliphatic heterocycles. The normalized spacial score (nSPS) is 10.8. The van der Waals surface area contributed by atoms with Crippen LogP contribution < -0.4 is 4.74 Å². The lowest BCUT2D eigenvalue weighted by Gasteiger charge is -2.09. The number of carbonyl (C=O) groups excluding carboxylic acids is 1. The molecule has 3 rings (SSSR count). The quantitative estimate of drug-likeness (QED) is 0.659. The van der Waals surface area contributed by atoms with Crippen LogP contribution in [0.2, 0.25) is 0 Å². The van der Waals surface area contributed by atoms with E-state index in [4.69, 9.17) is 13.9 Å². The van der Waals surface area contributed by atoms with Gasteiger partial charge >= 0.3 is 5.97 Å². The number of ether oxygens (including phenoxy) is 2. The van der Waals surface area contributed by atoms with Crippen molar-refractivity contribution >= 4 is 16.9 Å². The predicted octanol–water partition coefficient (Wildman–Crippen LogP) is 4.17. The molecule has 0 aliphatic rings. The van der Waals surface area contributed by atoms with Crippen LogP contribution in [0.25, 0.3) is 11.0 Å². The Morgan fingerprint density at radius 1 is 1.17 bits per heavy atom. The number of aryl methyl sites for hydroxylation is 1. The molecule has 124 valence electrons. The van der Waals surface area contributed by atoms with E-state index in [1.807, 2.05) is 25.1 Å². The lowest BCUT2D eigenvalue weighted by atomic mass is 10.1. The first-order valence-corrected chi connectivity index (χ1v) is 7.51. The van der Waals surface area contributed by atoms with Gasteiger partial charge in [0.25, 0.3) is 0 Å². The minimum atomic E-state index is -0.412. The van der Waals surface area contributed by atoms with Crippen LogP contribution in [-0.4, -0.2) is 13.1 Å². The van der Waals surface area contributed by atoms with Crippen molar-refractivity contribution in [1.82, 2.24) is 0 Å². The highest BCUT2D eigenvalue weighted by atomic mass is 19.1. The van der Waals surface area contributed by atoms with Crippen molar-refractivity contribution in [3.63, 3.8) is 0 Å². The van der Waals surface area contributed by atoms with Crippen LogP contribution >= 0.6 is 0 Å². The van der Waals surface area contributed by atoms with Crippen LogP contribution in [0.3, 0.4) is 0 Å². The number of rotatable bonds is 5. The minimum Gasteiger partial charge on any atom is -0.496 e. The third-order valence-electron chi connectivity index (χ3n) is 3.78. The average molecular weight is 328 g/mol. The number of halogens is 1. The van der Waals surface area contributed by atoms with E-state index < -0.39 is 11.8 Å². The first-order chi connectivity index (χ1) is 11.6. The Morgan fingerprint density at radius 2 is 2.00 bits per heavy atom. The molecule has 1 heterocycles. The summed E-state index contributed by atoms with van der Waals surface area (Å²) in [6, 6.07) is 9.90. The Labute approximate surface area is 138 Å². The van der Waals surface area contributed by atoms with Crippen LogP contribution in [0.1, 0.15) is 16.7 Å². The van der Waals surface area contributed by atoms with E-state index >= 15 is 0 Å². The van der Waals surface area contributed by atoms with Crippen molar-refractivity contribution in [3.05, 3.63) is 65.2 Å². The highest BCUT2D eigenvalue weighted by Crippen LogP contribution is 2.24. The Hall–Kier alpha value is -2.82. The fraction of sp³-hybridized carbons (Fsp3) is 0.211. The number of carbonyl (C=O) groups is 1. The Balaban J connectivity index is 1.68. The molecule has 2 aromatic carbocycles. The second-order valence-electron chi connectivity index (χ2n) is 5.55. The number of furan rings is 1. The number of benzene rings is 2. The number of esters is 1. The minimum absolute atomic E-state index is 0.0470. The molecular weight excluding hydrogens is 311 g/mol. The highest BCUT2D eigenvalue weighted by molar-refractivity contribution is 5.86.